The summed E-state index contributed by atoms with van der Waals surface area (Å²) >= 11 is 0. The third kappa shape index (κ3) is 2.43. The Bertz CT molecular complexity index is 461. The van der Waals surface area contributed by atoms with Crippen LogP contribution in [0.15, 0.2) is 36.9 Å². The third-order valence-electron chi connectivity index (χ3n) is 3.27. The van der Waals surface area contributed by atoms with Crippen LogP contribution in [0, 0.1) is 5.82 Å². The van der Waals surface area contributed by atoms with Gasteiger partial charge in [0, 0.05) is 25.3 Å². The zero-order valence-corrected chi connectivity index (χ0v) is 10.5. The minimum Gasteiger partial charge on any atom is -0.310 e. The van der Waals surface area contributed by atoms with Crippen LogP contribution >= 0.6 is 0 Å². The average molecular weight is 248 g/mol. The Morgan fingerprint density at radius 2 is 2.28 bits per heavy atom. The summed E-state index contributed by atoms with van der Waals surface area (Å²) in [5.74, 6) is -0.310. The lowest BCUT2D eigenvalue weighted by atomic mass is 10.1. The van der Waals surface area contributed by atoms with Gasteiger partial charge >= 0.3 is 0 Å². The summed E-state index contributed by atoms with van der Waals surface area (Å²) in [5.41, 5.74) is 0.630. The first-order valence-electron chi connectivity index (χ1n) is 6.05. The summed E-state index contributed by atoms with van der Waals surface area (Å²) in [7, 11) is 0. The predicted octanol–water partition coefficient (Wildman–Crippen LogP) is 2.05. The Balaban J connectivity index is 2.17. The first-order chi connectivity index (χ1) is 8.63. The molecule has 0 aliphatic carbocycles. The maximum Gasteiger partial charge on any atom is 0.244 e. The van der Waals surface area contributed by atoms with Crippen LogP contribution in [0.2, 0.25) is 0 Å². The first kappa shape index (κ1) is 12.8. The predicted molar refractivity (Wildman–Crippen MR) is 70.0 cm³/mol. The lowest BCUT2D eigenvalue weighted by Gasteiger charge is -2.38. The average Bonchev–Trinajstić information content (AvgIpc) is 2.35. The molecule has 0 radical (unpaired) electrons. The van der Waals surface area contributed by atoms with Gasteiger partial charge in [-0.05, 0) is 25.1 Å². The van der Waals surface area contributed by atoms with Gasteiger partial charge in [0.05, 0.1) is 6.04 Å². The Kier molecular flexibility index (Phi) is 3.77. The Hall–Kier alpha value is -1.68. The van der Waals surface area contributed by atoms with Crippen LogP contribution in [0.5, 0.6) is 0 Å². The molecule has 1 aliphatic rings. The van der Waals surface area contributed by atoms with Gasteiger partial charge in [-0.3, -0.25) is 9.69 Å². The van der Waals surface area contributed by atoms with Crippen LogP contribution in [0.4, 0.5) is 10.1 Å². The maximum atomic E-state index is 13.2. The Morgan fingerprint density at radius 1 is 1.50 bits per heavy atom. The highest BCUT2D eigenvalue weighted by Gasteiger charge is 2.31. The number of piperazine rings is 1. The fraction of sp³-hybridized carbons (Fsp3) is 0.357. The number of anilines is 1. The van der Waals surface area contributed by atoms with Crippen molar-refractivity contribution < 1.29 is 9.18 Å². The molecule has 2 rings (SSSR count). The molecule has 1 amide bonds. The van der Waals surface area contributed by atoms with E-state index in [0.717, 1.165) is 6.54 Å². The zero-order chi connectivity index (χ0) is 13.1. The number of benzene rings is 1. The van der Waals surface area contributed by atoms with Crippen LogP contribution in [0.25, 0.3) is 0 Å². The van der Waals surface area contributed by atoms with Crippen LogP contribution in [0.1, 0.15) is 6.92 Å². The number of carbonyl (C=O) groups is 1. The number of amides is 1. The van der Waals surface area contributed by atoms with Crippen molar-refractivity contribution in [3.63, 3.8) is 0 Å². The van der Waals surface area contributed by atoms with Crippen molar-refractivity contribution in [3.05, 3.63) is 42.7 Å². The molecule has 1 aromatic rings. The van der Waals surface area contributed by atoms with Crippen molar-refractivity contribution in [2.45, 2.75) is 13.0 Å². The van der Waals surface area contributed by atoms with Gasteiger partial charge < -0.3 is 4.90 Å². The molecule has 18 heavy (non-hydrogen) atoms. The molecule has 0 N–H and O–H groups in total. The molecule has 96 valence electrons. The lowest BCUT2D eigenvalue weighted by molar-refractivity contribution is -0.124. The smallest absolute Gasteiger partial charge is 0.244 e. The molecule has 0 aromatic heterocycles. The van der Waals surface area contributed by atoms with E-state index < -0.39 is 0 Å². The molecule has 1 aromatic carbocycles. The van der Waals surface area contributed by atoms with E-state index in [2.05, 4.69) is 11.5 Å². The molecular formula is C14H17FN2O. The van der Waals surface area contributed by atoms with E-state index in [4.69, 9.17) is 0 Å². The molecule has 1 fully saturated rings. The zero-order valence-electron chi connectivity index (χ0n) is 10.5. The molecule has 1 heterocycles. The number of carbonyl (C=O) groups excluding carboxylic acids is 1. The lowest BCUT2D eigenvalue weighted by Crippen LogP contribution is -2.55. The van der Waals surface area contributed by atoms with Crippen molar-refractivity contribution >= 4 is 11.6 Å². The van der Waals surface area contributed by atoms with Gasteiger partial charge in [-0.25, -0.2) is 4.39 Å². The molecule has 4 heteroatoms. The van der Waals surface area contributed by atoms with Crippen LogP contribution < -0.4 is 4.90 Å². The minimum absolute atomic E-state index is 0.00806. The number of rotatable bonds is 3. The molecule has 3 nitrogen and oxygen atoms in total. The summed E-state index contributed by atoms with van der Waals surface area (Å²) in [6.07, 6.45) is 1.79. The van der Waals surface area contributed by atoms with Crippen molar-refractivity contribution in [3.8, 4) is 0 Å². The largest absolute Gasteiger partial charge is 0.310 e. The van der Waals surface area contributed by atoms with Gasteiger partial charge in [0.25, 0.3) is 0 Å². The van der Waals surface area contributed by atoms with Gasteiger partial charge in [-0.15, -0.1) is 6.58 Å². The van der Waals surface area contributed by atoms with E-state index in [1.165, 1.54) is 12.1 Å². The topological polar surface area (TPSA) is 23.6 Å². The first-order valence-corrected chi connectivity index (χ1v) is 6.05. The number of hydrogen-bond donors (Lipinski definition) is 0. The number of halogens is 1. The highest BCUT2D eigenvalue weighted by molar-refractivity contribution is 5.97. The molecule has 0 unspecified atom stereocenters. The third-order valence-corrected chi connectivity index (χ3v) is 3.27. The molecule has 0 saturated carbocycles. The van der Waals surface area contributed by atoms with Gasteiger partial charge in [-0.2, -0.15) is 0 Å². The second-order valence-electron chi connectivity index (χ2n) is 4.43. The van der Waals surface area contributed by atoms with E-state index >= 15 is 0 Å². The summed E-state index contributed by atoms with van der Waals surface area (Å²) in [6, 6.07) is 5.97. The van der Waals surface area contributed by atoms with Crippen LogP contribution in [0.3, 0.4) is 0 Å². The second-order valence-corrected chi connectivity index (χ2v) is 4.43. The summed E-state index contributed by atoms with van der Waals surface area (Å²) in [5, 5.41) is 0. The highest BCUT2D eigenvalue weighted by Crippen LogP contribution is 2.20. The fourth-order valence-corrected chi connectivity index (χ4v) is 2.23. The van der Waals surface area contributed by atoms with E-state index in [1.54, 1.807) is 23.1 Å². The minimum atomic E-state index is -0.318. The number of nitrogens with zero attached hydrogens (tertiary/aromatic N) is 2. The van der Waals surface area contributed by atoms with E-state index in [1.807, 2.05) is 6.92 Å². The highest BCUT2D eigenvalue weighted by atomic mass is 19.1. The standard InChI is InChI=1S/C14H17FN2O/c1-3-7-16-8-9-17(14(18)11(16)2)13-6-4-5-12(15)10-13/h3-6,10-11H,1,7-9H2,2H3/t11-/m0/s1. The number of hydrogen-bond acceptors (Lipinski definition) is 2. The normalized spacial score (nSPS) is 21.1. The maximum absolute atomic E-state index is 13.2. The molecular weight excluding hydrogens is 231 g/mol. The van der Waals surface area contributed by atoms with Crippen molar-refractivity contribution in [2.24, 2.45) is 0 Å². The van der Waals surface area contributed by atoms with E-state index in [9.17, 15) is 9.18 Å². The fourth-order valence-electron chi connectivity index (χ4n) is 2.23. The molecule has 0 spiro atoms. The second kappa shape index (κ2) is 5.31. The van der Waals surface area contributed by atoms with Crippen molar-refractivity contribution in [1.82, 2.24) is 4.90 Å². The van der Waals surface area contributed by atoms with Crippen LogP contribution in [-0.4, -0.2) is 36.5 Å². The van der Waals surface area contributed by atoms with Gasteiger partial charge in [0.15, 0.2) is 0 Å². The molecule has 1 aliphatic heterocycles. The molecule has 1 saturated heterocycles. The SMILES string of the molecule is C=CCN1CCN(c2cccc(F)c2)C(=O)[C@@H]1C. The summed E-state index contributed by atoms with van der Waals surface area (Å²) in [4.78, 5) is 16.0. The summed E-state index contributed by atoms with van der Waals surface area (Å²) in [6.45, 7) is 7.61. The van der Waals surface area contributed by atoms with Gasteiger partial charge in [0.1, 0.15) is 5.82 Å². The van der Waals surface area contributed by atoms with Crippen molar-refractivity contribution in [2.75, 3.05) is 24.5 Å². The van der Waals surface area contributed by atoms with E-state index in [0.29, 0.717) is 18.8 Å². The summed E-state index contributed by atoms with van der Waals surface area (Å²) < 4.78 is 13.2. The quantitative estimate of drug-likeness (QED) is 0.764. The molecule has 0 bridgehead atoms. The van der Waals surface area contributed by atoms with Gasteiger partial charge in [0.2, 0.25) is 5.91 Å². The van der Waals surface area contributed by atoms with Crippen LogP contribution in [-0.2, 0) is 4.79 Å². The van der Waals surface area contributed by atoms with E-state index in [-0.39, 0.29) is 17.8 Å². The Labute approximate surface area is 107 Å². The Morgan fingerprint density at radius 3 is 2.94 bits per heavy atom. The van der Waals surface area contributed by atoms with Crippen molar-refractivity contribution in [1.29, 1.82) is 0 Å². The van der Waals surface area contributed by atoms with Gasteiger partial charge in [-0.1, -0.05) is 12.1 Å². The molecule has 1 atom stereocenters. The monoisotopic (exact) mass is 248 g/mol.